The van der Waals surface area contributed by atoms with Crippen LogP contribution < -0.4 is 4.90 Å². The van der Waals surface area contributed by atoms with Gasteiger partial charge in [0.1, 0.15) is 16.9 Å². The van der Waals surface area contributed by atoms with Crippen molar-refractivity contribution in [1.82, 2.24) is 0 Å². The molecule has 0 saturated carbocycles. The molecular formula is C55H39NO2. The summed E-state index contributed by atoms with van der Waals surface area (Å²) in [6, 6.07) is 74.1. The van der Waals surface area contributed by atoms with E-state index in [-0.39, 0.29) is 5.75 Å². The van der Waals surface area contributed by atoms with Crippen molar-refractivity contribution in [3.05, 3.63) is 218 Å². The van der Waals surface area contributed by atoms with E-state index < -0.39 is 0 Å². The molecule has 0 atom stereocenters. The van der Waals surface area contributed by atoms with E-state index in [0.717, 1.165) is 83.5 Å². The molecule has 10 rings (SSSR count). The van der Waals surface area contributed by atoms with Gasteiger partial charge in [-0.3, -0.25) is 0 Å². The first-order chi connectivity index (χ1) is 28.6. The Hall–Kier alpha value is -7.62. The molecular weight excluding hydrogens is 707 g/mol. The molecule has 1 heterocycles. The summed E-state index contributed by atoms with van der Waals surface area (Å²) < 4.78 is 6.40. The number of furan rings is 1. The molecule has 1 N–H and O–H groups in total. The van der Waals surface area contributed by atoms with Crippen molar-refractivity contribution in [1.29, 1.82) is 0 Å². The Bertz CT molecular complexity index is 3040. The summed E-state index contributed by atoms with van der Waals surface area (Å²) in [6.45, 7) is 2.13. The first-order valence-corrected chi connectivity index (χ1v) is 19.6. The van der Waals surface area contributed by atoms with E-state index in [1.807, 2.05) is 36.4 Å². The van der Waals surface area contributed by atoms with Crippen molar-refractivity contribution >= 4 is 39.0 Å². The van der Waals surface area contributed by atoms with Crippen molar-refractivity contribution in [3.63, 3.8) is 0 Å². The van der Waals surface area contributed by atoms with E-state index in [1.165, 1.54) is 16.7 Å². The minimum absolute atomic E-state index is 0.282. The fourth-order valence-corrected chi connectivity index (χ4v) is 8.23. The second kappa shape index (κ2) is 14.8. The molecule has 3 heteroatoms. The molecule has 9 aromatic carbocycles. The van der Waals surface area contributed by atoms with Gasteiger partial charge in [-0.25, -0.2) is 0 Å². The average Bonchev–Trinajstić information content (AvgIpc) is 3.67. The Morgan fingerprint density at radius 1 is 0.345 bits per heavy atom. The maximum absolute atomic E-state index is 10.6. The lowest BCUT2D eigenvalue weighted by Gasteiger charge is -2.26. The highest BCUT2D eigenvalue weighted by molar-refractivity contribution is 6.09. The molecule has 0 aliphatic rings. The number of anilines is 3. The van der Waals surface area contributed by atoms with Crippen LogP contribution in [0.1, 0.15) is 5.56 Å². The molecule has 0 unspecified atom stereocenters. The summed E-state index contributed by atoms with van der Waals surface area (Å²) in [6.07, 6.45) is 0. The number of aromatic hydroxyl groups is 1. The van der Waals surface area contributed by atoms with Crippen LogP contribution in [0.15, 0.2) is 217 Å². The largest absolute Gasteiger partial charge is 0.507 e. The predicted molar refractivity (Wildman–Crippen MR) is 242 cm³/mol. The van der Waals surface area contributed by atoms with Crippen LogP contribution in [0.2, 0.25) is 0 Å². The number of nitrogens with zero attached hydrogens (tertiary/aromatic N) is 1. The van der Waals surface area contributed by atoms with E-state index in [0.29, 0.717) is 0 Å². The molecule has 276 valence electrons. The molecule has 3 nitrogen and oxygen atoms in total. The third kappa shape index (κ3) is 6.39. The predicted octanol–water partition coefficient (Wildman–Crippen LogP) is 15.4. The summed E-state index contributed by atoms with van der Waals surface area (Å²) in [7, 11) is 0. The smallest absolute Gasteiger partial charge is 0.143 e. The lowest BCUT2D eigenvalue weighted by Crippen LogP contribution is -2.09. The zero-order valence-corrected chi connectivity index (χ0v) is 32.0. The minimum Gasteiger partial charge on any atom is -0.507 e. The maximum Gasteiger partial charge on any atom is 0.143 e. The van der Waals surface area contributed by atoms with Crippen LogP contribution in [0.4, 0.5) is 17.1 Å². The molecule has 0 fully saturated rings. The minimum atomic E-state index is 0.282. The van der Waals surface area contributed by atoms with Gasteiger partial charge in [-0.2, -0.15) is 0 Å². The lowest BCUT2D eigenvalue weighted by atomic mass is 9.92. The van der Waals surface area contributed by atoms with Crippen molar-refractivity contribution in [2.24, 2.45) is 0 Å². The summed E-state index contributed by atoms with van der Waals surface area (Å²) >= 11 is 0. The molecule has 1 aromatic heterocycles. The summed E-state index contributed by atoms with van der Waals surface area (Å²) in [5, 5.41) is 12.9. The summed E-state index contributed by atoms with van der Waals surface area (Å²) in [4.78, 5) is 2.31. The standard InChI is InChI=1S/C55H39NO2/c1-37-47(15-9-16-48(37)50-13-5-7-19-53(50)57)42-27-33-45(34-28-42)56(44-31-25-41(26-32-44)40-23-21-39(22-24-40)38-11-3-2-4-12-38)46-35-29-43(30-36-46)49-17-10-18-52-51-14-6-8-20-54(51)58-55(49)52/h2-36,57H,1H3. The number of benzene rings is 9. The normalized spacial score (nSPS) is 11.3. The number of rotatable bonds is 8. The lowest BCUT2D eigenvalue weighted by molar-refractivity contribution is 0.477. The Kier molecular flexibility index (Phi) is 8.89. The Labute approximate surface area is 338 Å². The van der Waals surface area contributed by atoms with Gasteiger partial charge in [-0.05, 0) is 106 Å². The molecule has 58 heavy (non-hydrogen) atoms. The fraction of sp³-hybridized carbons (Fsp3) is 0.0182. The summed E-state index contributed by atoms with van der Waals surface area (Å²) in [5.41, 5.74) is 17.1. The van der Waals surface area contributed by atoms with Gasteiger partial charge in [0.15, 0.2) is 0 Å². The van der Waals surface area contributed by atoms with Crippen LogP contribution in [-0.2, 0) is 0 Å². The quantitative estimate of drug-likeness (QED) is 0.168. The van der Waals surface area contributed by atoms with Gasteiger partial charge in [0.05, 0.1) is 0 Å². The zero-order chi connectivity index (χ0) is 39.0. The molecule has 0 radical (unpaired) electrons. The Balaban J connectivity index is 1.02. The maximum atomic E-state index is 10.6. The van der Waals surface area contributed by atoms with Gasteiger partial charge in [0.2, 0.25) is 0 Å². The van der Waals surface area contributed by atoms with E-state index in [1.54, 1.807) is 6.07 Å². The number of hydrogen-bond donors (Lipinski definition) is 1. The number of fused-ring (bicyclic) bond motifs is 3. The molecule has 0 spiro atoms. The second-order valence-electron chi connectivity index (χ2n) is 14.7. The Morgan fingerprint density at radius 3 is 1.41 bits per heavy atom. The van der Waals surface area contributed by atoms with Gasteiger partial charge in [-0.15, -0.1) is 0 Å². The van der Waals surface area contributed by atoms with E-state index >= 15 is 0 Å². The van der Waals surface area contributed by atoms with Crippen molar-refractivity contribution < 1.29 is 9.52 Å². The first kappa shape index (κ1) is 34.8. The van der Waals surface area contributed by atoms with Gasteiger partial charge in [0.25, 0.3) is 0 Å². The third-order valence-corrected chi connectivity index (χ3v) is 11.3. The third-order valence-electron chi connectivity index (χ3n) is 11.3. The van der Waals surface area contributed by atoms with Gasteiger partial charge in [-0.1, -0.05) is 164 Å². The number of hydrogen-bond acceptors (Lipinski definition) is 3. The van der Waals surface area contributed by atoms with Gasteiger partial charge < -0.3 is 14.4 Å². The second-order valence-corrected chi connectivity index (χ2v) is 14.7. The first-order valence-electron chi connectivity index (χ1n) is 19.6. The van der Waals surface area contributed by atoms with E-state index in [2.05, 4.69) is 182 Å². The molecule has 10 aromatic rings. The SMILES string of the molecule is Cc1c(-c2ccc(N(c3ccc(-c4ccc(-c5ccccc5)cc4)cc3)c3ccc(-c4cccc5c4oc4ccccc45)cc3)cc2)cccc1-c1ccccc1O. The van der Waals surface area contributed by atoms with Crippen LogP contribution in [0, 0.1) is 6.92 Å². The van der Waals surface area contributed by atoms with Crippen LogP contribution in [0.3, 0.4) is 0 Å². The van der Waals surface area contributed by atoms with Crippen molar-refractivity contribution in [2.75, 3.05) is 4.90 Å². The van der Waals surface area contributed by atoms with Crippen LogP contribution in [0.5, 0.6) is 5.75 Å². The average molecular weight is 746 g/mol. The number of phenolic OH excluding ortho intramolecular Hbond substituents is 1. The topological polar surface area (TPSA) is 36.6 Å². The molecule has 0 aliphatic carbocycles. The highest BCUT2D eigenvalue weighted by Crippen LogP contribution is 2.41. The van der Waals surface area contributed by atoms with Gasteiger partial charge >= 0.3 is 0 Å². The summed E-state index contributed by atoms with van der Waals surface area (Å²) in [5.74, 6) is 0.282. The highest BCUT2D eigenvalue weighted by atomic mass is 16.3. The number of phenols is 1. The van der Waals surface area contributed by atoms with E-state index in [4.69, 9.17) is 4.42 Å². The van der Waals surface area contributed by atoms with E-state index in [9.17, 15) is 5.11 Å². The molecule has 0 amide bonds. The fourth-order valence-electron chi connectivity index (χ4n) is 8.23. The number of para-hydroxylation sites is 3. The van der Waals surface area contributed by atoms with Gasteiger partial charge in [0, 0.05) is 39.0 Å². The van der Waals surface area contributed by atoms with Crippen molar-refractivity contribution in [2.45, 2.75) is 6.92 Å². The Morgan fingerprint density at radius 2 is 0.776 bits per heavy atom. The molecule has 0 aliphatic heterocycles. The molecule has 0 bridgehead atoms. The van der Waals surface area contributed by atoms with Crippen LogP contribution in [0.25, 0.3) is 77.6 Å². The monoisotopic (exact) mass is 745 g/mol. The van der Waals surface area contributed by atoms with Crippen molar-refractivity contribution in [3.8, 4) is 61.4 Å². The highest BCUT2D eigenvalue weighted by Gasteiger charge is 2.17. The van der Waals surface area contributed by atoms with Crippen LogP contribution in [-0.4, -0.2) is 5.11 Å². The molecule has 0 saturated heterocycles. The zero-order valence-electron chi connectivity index (χ0n) is 32.0. The van der Waals surface area contributed by atoms with Crippen LogP contribution >= 0.6 is 0 Å².